The second kappa shape index (κ2) is 2.68. The average Bonchev–Trinajstić information content (AvgIpc) is 2.42. The summed E-state index contributed by atoms with van der Waals surface area (Å²) in [6, 6.07) is 4.84. The highest BCUT2D eigenvalue weighted by Crippen LogP contribution is 2.34. The Balaban J connectivity index is 2.49. The Bertz CT molecular complexity index is 401. The number of rotatable bonds is 1. The maximum Gasteiger partial charge on any atom is 0.271 e. The van der Waals surface area contributed by atoms with Crippen LogP contribution in [0.25, 0.3) is 0 Å². The van der Waals surface area contributed by atoms with Crippen LogP contribution in [0, 0.1) is 10.1 Å². The lowest BCUT2D eigenvalue weighted by molar-refractivity contribution is -0.384. The number of fused-ring (bicyclic) bond motifs is 1. The number of nitrogens with zero attached hydrogens (tertiary/aromatic N) is 1. The van der Waals surface area contributed by atoms with Gasteiger partial charge in [-0.3, -0.25) is 10.1 Å². The van der Waals surface area contributed by atoms with E-state index in [2.05, 4.69) is 10.9 Å². The zero-order valence-electron chi connectivity index (χ0n) is 8.00. The SMILES string of the molecule is CC1(C)NNc2cc([N+](=O)[O-])ccc21. The largest absolute Gasteiger partial charge is 0.320 e. The molecule has 0 bridgehead atoms. The molecule has 1 heterocycles. The standard InChI is InChI=1S/C9H11N3O2/c1-9(2)7-4-3-6(12(13)14)5-8(7)10-11-9/h3-5,10-11H,1-2H3. The summed E-state index contributed by atoms with van der Waals surface area (Å²) >= 11 is 0. The van der Waals surface area contributed by atoms with Gasteiger partial charge in [-0.25, -0.2) is 5.43 Å². The molecule has 2 N–H and O–H groups in total. The molecule has 0 fully saturated rings. The van der Waals surface area contributed by atoms with E-state index in [0.29, 0.717) is 0 Å². The number of nitrogens with one attached hydrogen (secondary N) is 2. The first-order valence-corrected chi connectivity index (χ1v) is 4.33. The molecule has 1 aromatic rings. The lowest BCUT2D eigenvalue weighted by atomic mass is 9.95. The lowest BCUT2D eigenvalue weighted by Crippen LogP contribution is -2.32. The predicted octanol–water partition coefficient (Wildman–Crippen LogP) is 1.76. The van der Waals surface area contributed by atoms with E-state index < -0.39 is 4.92 Å². The summed E-state index contributed by atoms with van der Waals surface area (Å²) in [5, 5.41) is 10.5. The van der Waals surface area contributed by atoms with E-state index in [-0.39, 0.29) is 11.2 Å². The minimum Gasteiger partial charge on any atom is -0.320 e. The Hall–Kier alpha value is -1.62. The number of hydrogen-bond donors (Lipinski definition) is 2. The lowest BCUT2D eigenvalue weighted by Gasteiger charge is -2.17. The van der Waals surface area contributed by atoms with Gasteiger partial charge in [0, 0.05) is 12.1 Å². The predicted molar refractivity (Wildman–Crippen MR) is 52.9 cm³/mol. The Morgan fingerprint density at radius 2 is 2.14 bits per heavy atom. The summed E-state index contributed by atoms with van der Waals surface area (Å²) in [4.78, 5) is 10.1. The van der Waals surface area contributed by atoms with Crippen LogP contribution in [0.5, 0.6) is 0 Å². The fraction of sp³-hybridized carbons (Fsp3) is 0.333. The maximum absolute atomic E-state index is 10.5. The molecule has 5 nitrogen and oxygen atoms in total. The monoisotopic (exact) mass is 193 g/mol. The van der Waals surface area contributed by atoms with Gasteiger partial charge in [-0.1, -0.05) is 0 Å². The smallest absolute Gasteiger partial charge is 0.271 e. The Morgan fingerprint density at radius 1 is 1.43 bits per heavy atom. The molecule has 0 aliphatic carbocycles. The highest BCUT2D eigenvalue weighted by Gasteiger charge is 2.30. The van der Waals surface area contributed by atoms with Crippen molar-refractivity contribution in [3.8, 4) is 0 Å². The molecular weight excluding hydrogens is 182 g/mol. The molecule has 0 aromatic heterocycles. The van der Waals surface area contributed by atoms with Crippen LogP contribution in [0.15, 0.2) is 18.2 Å². The van der Waals surface area contributed by atoms with Crippen LogP contribution in [0.2, 0.25) is 0 Å². The van der Waals surface area contributed by atoms with Gasteiger partial charge in [0.05, 0.1) is 16.1 Å². The minimum atomic E-state index is -0.396. The highest BCUT2D eigenvalue weighted by molar-refractivity contribution is 5.62. The van der Waals surface area contributed by atoms with Gasteiger partial charge in [-0.2, -0.15) is 0 Å². The average molecular weight is 193 g/mol. The first kappa shape index (κ1) is 8.96. The summed E-state index contributed by atoms with van der Waals surface area (Å²) in [7, 11) is 0. The molecule has 0 spiro atoms. The summed E-state index contributed by atoms with van der Waals surface area (Å²) in [6.07, 6.45) is 0. The van der Waals surface area contributed by atoms with Crippen LogP contribution in [0.1, 0.15) is 19.4 Å². The number of benzene rings is 1. The van der Waals surface area contributed by atoms with Gasteiger partial charge in [-0.15, -0.1) is 0 Å². The molecule has 0 amide bonds. The van der Waals surface area contributed by atoms with Gasteiger partial charge in [0.2, 0.25) is 0 Å². The molecule has 5 heteroatoms. The number of nitro groups is 1. The third-order valence-electron chi connectivity index (χ3n) is 2.40. The van der Waals surface area contributed by atoms with Gasteiger partial charge in [0.1, 0.15) is 0 Å². The van der Waals surface area contributed by atoms with E-state index in [1.54, 1.807) is 6.07 Å². The van der Waals surface area contributed by atoms with Crippen molar-refractivity contribution in [2.45, 2.75) is 19.4 Å². The Labute approximate surface area is 81.2 Å². The molecule has 1 aromatic carbocycles. The molecule has 1 aliphatic heterocycles. The Kier molecular flexibility index (Phi) is 1.72. The zero-order valence-corrected chi connectivity index (χ0v) is 8.00. The summed E-state index contributed by atoms with van der Waals surface area (Å²) in [5.41, 5.74) is 7.74. The van der Waals surface area contributed by atoms with Crippen molar-refractivity contribution in [3.63, 3.8) is 0 Å². The third-order valence-corrected chi connectivity index (χ3v) is 2.40. The first-order valence-electron chi connectivity index (χ1n) is 4.33. The van der Waals surface area contributed by atoms with Crippen LogP contribution < -0.4 is 10.9 Å². The fourth-order valence-corrected chi connectivity index (χ4v) is 1.59. The number of hydrazine groups is 1. The first-order chi connectivity index (χ1) is 6.50. The van der Waals surface area contributed by atoms with Crippen molar-refractivity contribution in [2.75, 3.05) is 5.43 Å². The summed E-state index contributed by atoms with van der Waals surface area (Å²) in [6.45, 7) is 4.02. The van der Waals surface area contributed by atoms with Gasteiger partial charge in [-0.05, 0) is 25.5 Å². The van der Waals surface area contributed by atoms with Crippen LogP contribution in [0.4, 0.5) is 11.4 Å². The van der Waals surface area contributed by atoms with E-state index in [1.165, 1.54) is 12.1 Å². The number of non-ortho nitro benzene ring substituents is 1. The fourth-order valence-electron chi connectivity index (χ4n) is 1.59. The molecule has 0 radical (unpaired) electrons. The van der Waals surface area contributed by atoms with Crippen molar-refractivity contribution >= 4 is 11.4 Å². The highest BCUT2D eigenvalue weighted by atomic mass is 16.6. The quantitative estimate of drug-likeness (QED) is 0.526. The molecule has 74 valence electrons. The molecule has 1 aliphatic rings. The number of nitro benzene ring substituents is 1. The van der Waals surface area contributed by atoms with Gasteiger partial charge in [0.15, 0.2) is 0 Å². The second-order valence-corrected chi connectivity index (χ2v) is 3.86. The van der Waals surface area contributed by atoms with E-state index >= 15 is 0 Å². The van der Waals surface area contributed by atoms with Crippen LogP contribution >= 0.6 is 0 Å². The topological polar surface area (TPSA) is 67.2 Å². The van der Waals surface area contributed by atoms with E-state index in [0.717, 1.165) is 11.3 Å². The van der Waals surface area contributed by atoms with Crippen molar-refractivity contribution < 1.29 is 4.92 Å². The summed E-state index contributed by atoms with van der Waals surface area (Å²) < 4.78 is 0. The molecule has 14 heavy (non-hydrogen) atoms. The third kappa shape index (κ3) is 1.22. The number of anilines is 1. The van der Waals surface area contributed by atoms with Crippen molar-refractivity contribution in [2.24, 2.45) is 0 Å². The van der Waals surface area contributed by atoms with Crippen LogP contribution in [0.3, 0.4) is 0 Å². The van der Waals surface area contributed by atoms with Gasteiger partial charge < -0.3 is 5.43 Å². The normalized spacial score (nSPS) is 17.3. The van der Waals surface area contributed by atoms with Crippen LogP contribution in [-0.4, -0.2) is 4.92 Å². The molecule has 0 unspecified atom stereocenters. The van der Waals surface area contributed by atoms with Crippen molar-refractivity contribution in [1.29, 1.82) is 0 Å². The molecule has 2 rings (SSSR count). The van der Waals surface area contributed by atoms with Gasteiger partial charge >= 0.3 is 0 Å². The van der Waals surface area contributed by atoms with Gasteiger partial charge in [0.25, 0.3) is 5.69 Å². The molecular formula is C9H11N3O2. The van der Waals surface area contributed by atoms with E-state index in [1.807, 2.05) is 13.8 Å². The maximum atomic E-state index is 10.5. The van der Waals surface area contributed by atoms with E-state index in [4.69, 9.17) is 0 Å². The van der Waals surface area contributed by atoms with Crippen molar-refractivity contribution in [3.05, 3.63) is 33.9 Å². The van der Waals surface area contributed by atoms with Crippen LogP contribution in [-0.2, 0) is 5.54 Å². The number of hydrogen-bond acceptors (Lipinski definition) is 4. The zero-order chi connectivity index (χ0) is 10.3. The molecule has 0 saturated carbocycles. The summed E-state index contributed by atoms with van der Waals surface area (Å²) in [5.74, 6) is 0. The minimum absolute atomic E-state index is 0.107. The molecule has 0 atom stereocenters. The Morgan fingerprint density at radius 3 is 2.79 bits per heavy atom. The molecule has 0 saturated heterocycles. The van der Waals surface area contributed by atoms with E-state index in [9.17, 15) is 10.1 Å². The van der Waals surface area contributed by atoms with Crippen molar-refractivity contribution in [1.82, 2.24) is 5.43 Å². The second-order valence-electron chi connectivity index (χ2n) is 3.86.